The molecule has 0 amide bonds. The van der Waals surface area contributed by atoms with Crippen LogP contribution < -0.4 is 16.0 Å². The van der Waals surface area contributed by atoms with Crippen molar-refractivity contribution in [1.82, 2.24) is 25.6 Å². The summed E-state index contributed by atoms with van der Waals surface area (Å²) < 4.78 is 4.94. The largest absolute Gasteiger partial charge is 0.480 e. The van der Waals surface area contributed by atoms with Crippen LogP contribution in [0.4, 0.5) is 0 Å². The van der Waals surface area contributed by atoms with Gasteiger partial charge in [-0.2, -0.15) is 0 Å². The van der Waals surface area contributed by atoms with E-state index in [1.54, 1.807) is 30.7 Å². The molecule has 0 aliphatic heterocycles. The minimum atomic E-state index is -0.345. The standard InChI is InChI=1S/C10H12N6O/c1-17-9-3-2-7(15-16-9)10(14-11)8-6-12-4-5-13-8/h2-6,10,14H,11H2,1H3. The van der Waals surface area contributed by atoms with Crippen LogP contribution in [0.5, 0.6) is 5.88 Å². The summed E-state index contributed by atoms with van der Waals surface area (Å²) >= 11 is 0. The Hall–Kier alpha value is -2.12. The SMILES string of the molecule is COc1ccc(C(NN)c2cnccn2)nn1. The Kier molecular flexibility index (Phi) is 3.53. The Morgan fingerprint density at radius 1 is 1.24 bits per heavy atom. The summed E-state index contributed by atoms with van der Waals surface area (Å²) in [5, 5.41) is 7.89. The van der Waals surface area contributed by atoms with Gasteiger partial charge in [-0.05, 0) is 6.07 Å². The average Bonchev–Trinajstić information content (AvgIpc) is 2.42. The maximum absolute atomic E-state index is 5.49. The summed E-state index contributed by atoms with van der Waals surface area (Å²) in [6.45, 7) is 0. The van der Waals surface area contributed by atoms with Gasteiger partial charge < -0.3 is 4.74 Å². The molecule has 1 atom stereocenters. The van der Waals surface area contributed by atoms with E-state index in [-0.39, 0.29) is 6.04 Å². The van der Waals surface area contributed by atoms with E-state index in [2.05, 4.69) is 25.6 Å². The molecule has 7 nitrogen and oxygen atoms in total. The van der Waals surface area contributed by atoms with Gasteiger partial charge in [0.2, 0.25) is 5.88 Å². The van der Waals surface area contributed by atoms with Gasteiger partial charge >= 0.3 is 0 Å². The zero-order valence-corrected chi connectivity index (χ0v) is 9.24. The number of hydrazine groups is 1. The number of methoxy groups -OCH3 is 1. The van der Waals surface area contributed by atoms with Crippen molar-refractivity contribution in [2.75, 3.05) is 7.11 Å². The van der Waals surface area contributed by atoms with Crippen LogP contribution in [0.25, 0.3) is 0 Å². The lowest BCUT2D eigenvalue weighted by Crippen LogP contribution is -2.30. The predicted octanol–water partition coefficient (Wildman–Crippen LogP) is -0.172. The van der Waals surface area contributed by atoms with Gasteiger partial charge in [-0.1, -0.05) is 0 Å². The van der Waals surface area contributed by atoms with Gasteiger partial charge in [-0.15, -0.1) is 10.2 Å². The maximum atomic E-state index is 5.49. The molecule has 7 heteroatoms. The average molecular weight is 232 g/mol. The number of nitrogens with two attached hydrogens (primary N) is 1. The second-order valence-corrected chi connectivity index (χ2v) is 3.23. The molecule has 0 aliphatic carbocycles. The molecule has 0 spiro atoms. The molecule has 0 fully saturated rings. The Morgan fingerprint density at radius 2 is 2.12 bits per heavy atom. The summed E-state index contributed by atoms with van der Waals surface area (Å²) in [4.78, 5) is 8.15. The van der Waals surface area contributed by atoms with Crippen LogP contribution in [0.2, 0.25) is 0 Å². The molecule has 0 aliphatic rings. The van der Waals surface area contributed by atoms with Crippen molar-refractivity contribution in [2.45, 2.75) is 6.04 Å². The van der Waals surface area contributed by atoms with Gasteiger partial charge in [0, 0.05) is 18.5 Å². The summed E-state index contributed by atoms with van der Waals surface area (Å²) in [5.41, 5.74) is 3.95. The highest BCUT2D eigenvalue weighted by atomic mass is 16.5. The minimum Gasteiger partial charge on any atom is -0.480 e. The van der Waals surface area contributed by atoms with Crippen molar-refractivity contribution in [3.05, 3.63) is 42.1 Å². The van der Waals surface area contributed by atoms with Crippen LogP contribution in [0.1, 0.15) is 17.4 Å². The van der Waals surface area contributed by atoms with Crippen molar-refractivity contribution in [1.29, 1.82) is 0 Å². The molecule has 17 heavy (non-hydrogen) atoms. The van der Waals surface area contributed by atoms with Crippen molar-refractivity contribution in [3.8, 4) is 5.88 Å². The number of ether oxygens (including phenoxy) is 1. The predicted molar refractivity (Wildman–Crippen MR) is 59.8 cm³/mol. The third-order valence-corrected chi connectivity index (χ3v) is 2.21. The van der Waals surface area contributed by atoms with E-state index in [4.69, 9.17) is 10.6 Å². The van der Waals surface area contributed by atoms with Gasteiger partial charge in [-0.3, -0.25) is 15.8 Å². The monoisotopic (exact) mass is 232 g/mol. The number of nitrogens with zero attached hydrogens (tertiary/aromatic N) is 4. The van der Waals surface area contributed by atoms with Gasteiger partial charge in [0.05, 0.1) is 24.7 Å². The molecule has 2 rings (SSSR count). The van der Waals surface area contributed by atoms with E-state index >= 15 is 0 Å². The lowest BCUT2D eigenvalue weighted by atomic mass is 10.1. The fourth-order valence-corrected chi connectivity index (χ4v) is 1.38. The van der Waals surface area contributed by atoms with E-state index in [0.717, 1.165) is 0 Å². The molecule has 1 unspecified atom stereocenters. The Bertz CT molecular complexity index is 460. The van der Waals surface area contributed by atoms with Crippen molar-refractivity contribution in [2.24, 2.45) is 5.84 Å². The number of aromatic nitrogens is 4. The normalized spacial score (nSPS) is 12.1. The van der Waals surface area contributed by atoms with Crippen molar-refractivity contribution >= 4 is 0 Å². The fraction of sp³-hybridized carbons (Fsp3) is 0.200. The van der Waals surface area contributed by atoms with Gasteiger partial charge in [0.15, 0.2) is 0 Å². The van der Waals surface area contributed by atoms with E-state index < -0.39 is 0 Å². The van der Waals surface area contributed by atoms with E-state index in [0.29, 0.717) is 17.3 Å². The quantitative estimate of drug-likeness (QED) is 0.557. The molecular formula is C10H12N6O. The minimum absolute atomic E-state index is 0.345. The lowest BCUT2D eigenvalue weighted by Gasteiger charge is -2.13. The van der Waals surface area contributed by atoms with Crippen molar-refractivity contribution in [3.63, 3.8) is 0 Å². The lowest BCUT2D eigenvalue weighted by molar-refractivity contribution is 0.390. The molecule has 0 saturated carbocycles. The Balaban J connectivity index is 2.29. The molecule has 3 N–H and O–H groups in total. The summed E-state index contributed by atoms with van der Waals surface area (Å²) in [5.74, 6) is 5.94. The van der Waals surface area contributed by atoms with Crippen LogP contribution in [0, 0.1) is 0 Å². The molecule has 2 aromatic rings. The van der Waals surface area contributed by atoms with Gasteiger partial charge in [0.25, 0.3) is 0 Å². The van der Waals surface area contributed by atoms with Gasteiger partial charge in [-0.25, -0.2) is 5.43 Å². The molecule has 88 valence electrons. The first-order valence-corrected chi connectivity index (χ1v) is 4.95. The number of hydrogen-bond acceptors (Lipinski definition) is 7. The Labute approximate surface area is 98.0 Å². The van der Waals surface area contributed by atoms with Crippen LogP contribution in [-0.2, 0) is 0 Å². The Morgan fingerprint density at radius 3 is 2.65 bits per heavy atom. The second kappa shape index (κ2) is 5.28. The fourth-order valence-electron chi connectivity index (χ4n) is 1.38. The molecule has 2 aromatic heterocycles. The van der Waals surface area contributed by atoms with Crippen LogP contribution in [0.3, 0.4) is 0 Å². The zero-order valence-electron chi connectivity index (χ0n) is 9.24. The first-order chi connectivity index (χ1) is 8.35. The van der Waals surface area contributed by atoms with E-state index in [9.17, 15) is 0 Å². The maximum Gasteiger partial charge on any atom is 0.233 e. The molecule has 0 saturated heterocycles. The second-order valence-electron chi connectivity index (χ2n) is 3.23. The summed E-state index contributed by atoms with van der Waals surface area (Å²) in [6, 6.07) is 3.13. The van der Waals surface area contributed by atoms with Gasteiger partial charge in [0.1, 0.15) is 6.04 Å². The van der Waals surface area contributed by atoms with Crippen LogP contribution in [0.15, 0.2) is 30.7 Å². The van der Waals surface area contributed by atoms with E-state index in [1.165, 1.54) is 7.11 Å². The summed E-state index contributed by atoms with van der Waals surface area (Å²) in [6.07, 6.45) is 4.81. The third-order valence-electron chi connectivity index (χ3n) is 2.21. The third kappa shape index (κ3) is 2.52. The highest BCUT2D eigenvalue weighted by molar-refractivity contribution is 5.21. The molecule has 0 radical (unpaired) electrons. The first-order valence-electron chi connectivity index (χ1n) is 4.95. The highest BCUT2D eigenvalue weighted by Gasteiger charge is 2.15. The van der Waals surface area contributed by atoms with Crippen LogP contribution in [-0.4, -0.2) is 27.3 Å². The number of rotatable bonds is 4. The zero-order chi connectivity index (χ0) is 12.1. The molecule has 0 bridgehead atoms. The van der Waals surface area contributed by atoms with Crippen molar-refractivity contribution < 1.29 is 4.74 Å². The first kappa shape index (κ1) is 11.4. The highest BCUT2D eigenvalue weighted by Crippen LogP contribution is 2.16. The molecular weight excluding hydrogens is 220 g/mol. The summed E-state index contributed by atoms with van der Waals surface area (Å²) in [7, 11) is 1.53. The van der Waals surface area contributed by atoms with Crippen LogP contribution >= 0.6 is 0 Å². The van der Waals surface area contributed by atoms with E-state index in [1.807, 2.05) is 0 Å². The molecule has 2 heterocycles. The number of hydrogen-bond donors (Lipinski definition) is 2. The number of nitrogens with one attached hydrogen (secondary N) is 1. The topological polar surface area (TPSA) is 98.8 Å². The molecule has 0 aromatic carbocycles. The smallest absolute Gasteiger partial charge is 0.233 e.